The number of aryl methyl sites for hydroxylation is 1. The highest BCUT2D eigenvalue weighted by Gasteiger charge is 2.27. The summed E-state index contributed by atoms with van der Waals surface area (Å²) < 4.78 is 40.8. The first-order valence-corrected chi connectivity index (χ1v) is 10.4. The molecule has 134 valence electrons. The zero-order valence-electron chi connectivity index (χ0n) is 14.3. The minimum Gasteiger partial charge on any atom is -0.300 e. The lowest BCUT2D eigenvalue weighted by Crippen LogP contribution is -2.42. The molecule has 0 spiro atoms. The minimum absolute atomic E-state index is 0.143. The number of nitrogens with one attached hydrogen (secondary N) is 1. The Morgan fingerprint density at radius 3 is 2.46 bits per heavy atom. The van der Waals surface area contributed by atoms with Gasteiger partial charge in [-0.05, 0) is 75.4 Å². The van der Waals surface area contributed by atoms with Crippen molar-refractivity contribution in [1.29, 1.82) is 0 Å². The number of piperidine rings is 1. The summed E-state index contributed by atoms with van der Waals surface area (Å²) in [7, 11) is -3.56. The van der Waals surface area contributed by atoms with E-state index in [1.165, 1.54) is 43.9 Å². The van der Waals surface area contributed by atoms with Crippen LogP contribution in [0.5, 0.6) is 0 Å². The molecule has 2 aliphatic rings. The van der Waals surface area contributed by atoms with Crippen molar-refractivity contribution in [2.75, 3.05) is 19.6 Å². The van der Waals surface area contributed by atoms with E-state index in [1.54, 1.807) is 6.92 Å². The van der Waals surface area contributed by atoms with Gasteiger partial charge < -0.3 is 4.90 Å². The van der Waals surface area contributed by atoms with Crippen LogP contribution in [0.25, 0.3) is 0 Å². The molecule has 0 unspecified atom stereocenters. The van der Waals surface area contributed by atoms with Crippen molar-refractivity contribution in [3.63, 3.8) is 0 Å². The van der Waals surface area contributed by atoms with E-state index in [0.717, 1.165) is 32.0 Å². The summed E-state index contributed by atoms with van der Waals surface area (Å²) in [5, 5.41) is 0. The number of hydrogen-bond acceptors (Lipinski definition) is 3. The molecule has 3 rings (SSSR count). The molecule has 1 heterocycles. The lowest BCUT2D eigenvalue weighted by molar-refractivity contribution is 0.135. The summed E-state index contributed by atoms with van der Waals surface area (Å²) >= 11 is 0. The Morgan fingerprint density at radius 2 is 1.83 bits per heavy atom. The molecule has 1 N–H and O–H groups in total. The Bertz CT molecular complexity index is 664. The Balaban J connectivity index is 1.51. The Hall–Kier alpha value is -0.980. The van der Waals surface area contributed by atoms with Crippen molar-refractivity contribution in [2.24, 2.45) is 5.92 Å². The molecule has 0 aromatic heterocycles. The summed E-state index contributed by atoms with van der Waals surface area (Å²) in [6.45, 7) is 4.20. The average Bonchev–Trinajstić information content (AvgIpc) is 3.10. The van der Waals surface area contributed by atoms with E-state index in [0.29, 0.717) is 18.0 Å². The molecule has 1 saturated carbocycles. The van der Waals surface area contributed by atoms with Gasteiger partial charge in [0, 0.05) is 12.6 Å². The average molecular weight is 354 g/mol. The molecule has 0 radical (unpaired) electrons. The molecule has 0 bridgehead atoms. The van der Waals surface area contributed by atoms with Crippen LogP contribution in [-0.4, -0.2) is 39.0 Å². The lowest BCUT2D eigenvalue weighted by Gasteiger charge is -2.36. The largest absolute Gasteiger partial charge is 0.300 e. The summed E-state index contributed by atoms with van der Waals surface area (Å²) in [6.07, 6.45) is 7.42. The maximum atomic E-state index is 13.3. The minimum atomic E-state index is -3.56. The molecule has 2 fully saturated rings. The third-order valence-electron chi connectivity index (χ3n) is 5.49. The van der Waals surface area contributed by atoms with E-state index in [1.807, 2.05) is 0 Å². The number of nitrogens with zero attached hydrogens (tertiary/aromatic N) is 1. The monoisotopic (exact) mass is 354 g/mol. The highest BCUT2D eigenvalue weighted by atomic mass is 32.2. The molecule has 1 aliphatic carbocycles. The fourth-order valence-corrected chi connectivity index (χ4v) is 5.09. The number of hydrogen-bond donors (Lipinski definition) is 1. The summed E-state index contributed by atoms with van der Waals surface area (Å²) in [5.41, 5.74) is 0.350. The van der Waals surface area contributed by atoms with Gasteiger partial charge in [0.1, 0.15) is 5.82 Å². The topological polar surface area (TPSA) is 49.4 Å². The smallest absolute Gasteiger partial charge is 0.240 e. The molecule has 0 atom stereocenters. The van der Waals surface area contributed by atoms with E-state index in [-0.39, 0.29) is 10.7 Å². The van der Waals surface area contributed by atoms with Gasteiger partial charge in [0.15, 0.2) is 0 Å². The van der Waals surface area contributed by atoms with Crippen molar-refractivity contribution in [3.05, 3.63) is 29.6 Å². The van der Waals surface area contributed by atoms with E-state index in [9.17, 15) is 12.8 Å². The molecule has 6 heteroatoms. The predicted octanol–water partition coefficient (Wildman–Crippen LogP) is 3.07. The van der Waals surface area contributed by atoms with Crippen LogP contribution < -0.4 is 4.72 Å². The second-order valence-electron chi connectivity index (χ2n) is 7.18. The van der Waals surface area contributed by atoms with Crippen molar-refractivity contribution in [2.45, 2.75) is 56.4 Å². The zero-order valence-corrected chi connectivity index (χ0v) is 15.1. The second-order valence-corrected chi connectivity index (χ2v) is 8.95. The summed E-state index contributed by atoms with van der Waals surface area (Å²) in [6, 6.07) is 4.68. The molecule has 1 aromatic carbocycles. The van der Waals surface area contributed by atoms with E-state index >= 15 is 0 Å². The van der Waals surface area contributed by atoms with E-state index in [4.69, 9.17) is 0 Å². The number of benzene rings is 1. The normalized spacial score (nSPS) is 21.4. The quantitative estimate of drug-likeness (QED) is 0.884. The van der Waals surface area contributed by atoms with Gasteiger partial charge in [0.2, 0.25) is 10.0 Å². The van der Waals surface area contributed by atoms with Gasteiger partial charge >= 0.3 is 0 Å². The van der Waals surface area contributed by atoms with Gasteiger partial charge in [0.05, 0.1) is 4.90 Å². The van der Waals surface area contributed by atoms with Crippen LogP contribution in [0.15, 0.2) is 23.1 Å². The number of halogens is 1. The number of sulfonamides is 1. The number of rotatable bonds is 5. The molecule has 4 nitrogen and oxygen atoms in total. The van der Waals surface area contributed by atoms with Crippen molar-refractivity contribution >= 4 is 10.0 Å². The van der Waals surface area contributed by atoms with Gasteiger partial charge in [-0.1, -0.05) is 12.8 Å². The fraction of sp³-hybridized carbons (Fsp3) is 0.667. The molecule has 1 aliphatic heterocycles. The van der Waals surface area contributed by atoms with Crippen LogP contribution in [-0.2, 0) is 10.0 Å². The highest BCUT2D eigenvalue weighted by Crippen LogP contribution is 2.27. The molecular formula is C18H27FN2O2S. The SMILES string of the molecule is Cc1cc(S(=O)(=O)NCC2CCN(C3CCCC3)CC2)ccc1F. The summed E-state index contributed by atoms with van der Waals surface area (Å²) in [5.74, 6) is 0.00667. The van der Waals surface area contributed by atoms with E-state index < -0.39 is 10.0 Å². The Kier molecular flexibility index (Phi) is 5.57. The van der Waals surface area contributed by atoms with Gasteiger partial charge in [-0.2, -0.15) is 0 Å². The van der Waals surface area contributed by atoms with Crippen molar-refractivity contribution in [1.82, 2.24) is 9.62 Å². The fourth-order valence-electron chi connectivity index (χ4n) is 3.89. The Morgan fingerprint density at radius 1 is 1.17 bits per heavy atom. The number of likely N-dealkylation sites (tertiary alicyclic amines) is 1. The van der Waals surface area contributed by atoms with Gasteiger partial charge in [-0.3, -0.25) is 0 Å². The molecular weight excluding hydrogens is 327 g/mol. The van der Waals surface area contributed by atoms with Crippen LogP contribution in [0.4, 0.5) is 4.39 Å². The van der Waals surface area contributed by atoms with Crippen LogP contribution in [0.2, 0.25) is 0 Å². The lowest BCUT2D eigenvalue weighted by atomic mass is 9.96. The first-order valence-electron chi connectivity index (χ1n) is 8.95. The van der Waals surface area contributed by atoms with Gasteiger partial charge in [0.25, 0.3) is 0 Å². The van der Waals surface area contributed by atoms with Crippen LogP contribution in [0.3, 0.4) is 0 Å². The third kappa shape index (κ3) is 4.16. The van der Waals surface area contributed by atoms with Crippen LogP contribution in [0.1, 0.15) is 44.1 Å². The van der Waals surface area contributed by atoms with E-state index in [2.05, 4.69) is 9.62 Å². The highest BCUT2D eigenvalue weighted by molar-refractivity contribution is 7.89. The summed E-state index contributed by atoms with van der Waals surface area (Å²) in [4.78, 5) is 2.73. The Labute approximate surface area is 144 Å². The second kappa shape index (κ2) is 7.50. The molecule has 24 heavy (non-hydrogen) atoms. The van der Waals surface area contributed by atoms with Crippen LogP contribution in [0, 0.1) is 18.7 Å². The maximum absolute atomic E-state index is 13.3. The first-order chi connectivity index (χ1) is 11.5. The third-order valence-corrected chi connectivity index (χ3v) is 6.91. The standard InChI is InChI=1S/C18H27FN2O2S/c1-14-12-17(6-7-18(14)19)24(22,23)20-13-15-8-10-21(11-9-15)16-4-2-3-5-16/h6-7,12,15-16,20H,2-5,8-11,13H2,1H3. The zero-order chi connectivity index (χ0) is 17.2. The van der Waals surface area contributed by atoms with Crippen molar-refractivity contribution in [3.8, 4) is 0 Å². The molecule has 0 amide bonds. The predicted molar refractivity (Wildman–Crippen MR) is 92.9 cm³/mol. The van der Waals surface area contributed by atoms with Crippen LogP contribution >= 0.6 is 0 Å². The van der Waals surface area contributed by atoms with Gasteiger partial charge in [-0.15, -0.1) is 0 Å². The first kappa shape index (κ1) is 17.8. The van der Waals surface area contributed by atoms with Gasteiger partial charge in [-0.25, -0.2) is 17.5 Å². The molecule has 1 saturated heterocycles. The molecule has 1 aromatic rings. The maximum Gasteiger partial charge on any atom is 0.240 e. The van der Waals surface area contributed by atoms with Crippen molar-refractivity contribution < 1.29 is 12.8 Å².